The molecule has 0 aliphatic carbocycles. The SMILES string of the molecule is c1ccc(-c2nc(-c3ccc(-c4cccc5oc6c(ccc7c(-c8ccccc8)nc8ccccc8c76)c45)cc3)nc(-c3cccc4c3oc3ccccc34)n2)cc1. The first-order chi connectivity index (χ1) is 28.7. The third-order valence-electron chi connectivity index (χ3n) is 11.1. The number of para-hydroxylation sites is 3. The van der Waals surface area contributed by atoms with Crippen molar-refractivity contribution in [1.82, 2.24) is 19.9 Å². The Hall–Kier alpha value is -7.96. The lowest BCUT2D eigenvalue weighted by atomic mass is 9.95. The summed E-state index contributed by atoms with van der Waals surface area (Å²) in [5, 5.41) is 7.41. The van der Waals surface area contributed by atoms with Crippen LogP contribution in [0.25, 0.3) is 122 Å². The largest absolute Gasteiger partial charge is 0.455 e. The van der Waals surface area contributed by atoms with Crippen LogP contribution in [0.2, 0.25) is 0 Å². The van der Waals surface area contributed by atoms with Crippen LogP contribution in [-0.2, 0) is 0 Å². The van der Waals surface area contributed by atoms with Gasteiger partial charge in [0, 0.05) is 54.4 Å². The molecule has 270 valence electrons. The third kappa shape index (κ3) is 5.05. The van der Waals surface area contributed by atoms with Crippen LogP contribution in [0, 0.1) is 0 Å². The number of pyridine rings is 1. The maximum atomic E-state index is 6.82. The average molecular weight is 743 g/mol. The van der Waals surface area contributed by atoms with Crippen LogP contribution < -0.4 is 0 Å². The Labute approximate surface area is 331 Å². The first kappa shape index (κ1) is 32.3. The summed E-state index contributed by atoms with van der Waals surface area (Å²) >= 11 is 0. The van der Waals surface area contributed by atoms with Gasteiger partial charge in [-0.1, -0.05) is 152 Å². The molecule has 0 aliphatic heterocycles. The molecule has 0 fully saturated rings. The predicted molar refractivity (Wildman–Crippen MR) is 234 cm³/mol. The number of fused-ring (bicyclic) bond motifs is 10. The maximum absolute atomic E-state index is 6.82. The minimum Gasteiger partial charge on any atom is -0.455 e. The molecule has 6 nitrogen and oxygen atoms in total. The third-order valence-corrected chi connectivity index (χ3v) is 11.1. The van der Waals surface area contributed by atoms with E-state index < -0.39 is 0 Å². The van der Waals surface area contributed by atoms with Gasteiger partial charge in [0.2, 0.25) is 0 Å². The van der Waals surface area contributed by atoms with E-state index in [1.807, 2.05) is 72.8 Å². The van der Waals surface area contributed by atoms with E-state index >= 15 is 0 Å². The lowest BCUT2D eigenvalue weighted by Gasteiger charge is -2.11. The number of furan rings is 2. The molecule has 0 aliphatic rings. The summed E-state index contributed by atoms with van der Waals surface area (Å²) in [7, 11) is 0. The van der Waals surface area contributed by atoms with E-state index in [9.17, 15) is 0 Å². The highest BCUT2D eigenvalue weighted by atomic mass is 16.3. The van der Waals surface area contributed by atoms with Crippen molar-refractivity contribution in [3.05, 3.63) is 182 Å². The molecule has 0 unspecified atom stereocenters. The molecule has 8 aromatic carbocycles. The molecule has 0 spiro atoms. The molecule has 4 aromatic heterocycles. The van der Waals surface area contributed by atoms with E-state index in [-0.39, 0.29) is 0 Å². The van der Waals surface area contributed by atoms with Crippen molar-refractivity contribution in [3.63, 3.8) is 0 Å². The predicted octanol–water partition coefficient (Wildman–Crippen LogP) is 13.7. The smallest absolute Gasteiger partial charge is 0.167 e. The Morgan fingerprint density at radius 1 is 0.293 bits per heavy atom. The molecule has 0 saturated carbocycles. The van der Waals surface area contributed by atoms with Crippen molar-refractivity contribution in [2.24, 2.45) is 0 Å². The van der Waals surface area contributed by atoms with Crippen LogP contribution in [0.3, 0.4) is 0 Å². The number of hydrogen-bond acceptors (Lipinski definition) is 6. The Bertz CT molecular complexity index is 3560. The zero-order valence-electron chi connectivity index (χ0n) is 30.9. The van der Waals surface area contributed by atoms with Crippen LogP contribution in [0.15, 0.2) is 191 Å². The summed E-state index contributed by atoms with van der Waals surface area (Å²) in [4.78, 5) is 20.3. The molecule has 0 bridgehead atoms. The van der Waals surface area contributed by atoms with Gasteiger partial charge in [0.1, 0.15) is 22.3 Å². The molecule has 58 heavy (non-hydrogen) atoms. The van der Waals surface area contributed by atoms with Gasteiger partial charge in [-0.25, -0.2) is 19.9 Å². The van der Waals surface area contributed by atoms with Gasteiger partial charge in [-0.2, -0.15) is 0 Å². The number of nitrogens with zero attached hydrogens (tertiary/aromatic N) is 4. The van der Waals surface area contributed by atoms with Gasteiger partial charge in [-0.3, -0.25) is 0 Å². The molecule has 0 radical (unpaired) electrons. The molecule has 0 atom stereocenters. The molecular formula is C52H30N4O2. The van der Waals surface area contributed by atoms with Crippen LogP contribution in [0.1, 0.15) is 0 Å². The summed E-state index contributed by atoms with van der Waals surface area (Å²) in [5.41, 5.74) is 11.0. The zero-order valence-corrected chi connectivity index (χ0v) is 30.9. The number of aromatic nitrogens is 4. The summed E-state index contributed by atoms with van der Waals surface area (Å²) < 4.78 is 13.2. The normalized spacial score (nSPS) is 11.8. The second kappa shape index (κ2) is 12.8. The topological polar surface area (TPSA) is 77.8 Å². The summed E-state index contributed by atoms with van der Waals surface area (Å²) in [5.74, 6) is 1.73. The minimum atomic E-state index is 0.553. The maximum Gasteiger partial charge on any atom is 0.167 e. The molecule has 6 heteroatoms. The second-order valence-corrected chi connectivity index (χ2v) is 14.5. The second-order valence-electron chi connectivity index (χ2n) is 14.5. The number of hydrogen-bond donors (Lipinski definition) is 0. The summed E-state index contributed by atoms with van der Waals surface area (Å²) in [6.07, 6.45) is 0. The van der Waals surface area contributed by atoms with Crippen LogP contribution in [0.4, 0.5) is 0 Å². The van der Waals surface area contributed by atoms with E-state index in [4.69, 9.17) is 28.8 Å². The van der Waals surface area contributed by atoms with Crippen molar-refractivity contribution in [2.75, 3.05) is 0 Å². The van der Waals surface area contributed by atoms with Crippen molar-refractivity contribution in [3.8, 4) is 56.5 Å². The quantitative estimate of drug-likeness (QED) is 0.163. The van der Waals surface area contributed by atoms with Crippen LogP contribution in [0.5, 0.6) is 0 Å². The fraction of sp³-hybridized carbons (Fsp3) is 0. The standard InChI is InChI=1S/C52H30N4O2/c1-3-13-32(14-4-1)47-39-29-30-40-45-35(19-12-24-44(45)58-49(40)46(39)38-18-7-9-22-42(38)53-47)31-25-27-34(28-26-31)51-54-50(33-15-5-2-6-16-33)55-52(56-51)41-21-11-20-37-36-17-8-10-23-43(36)57-48(37)41/h1-30H. The first-order valence-corrected chi connectivity index (χ1v) is 19.3. The van der Waals surface area contributed by atoms with E-state index in [2.05, 4.69) is 109 Å². The van der Waals surface area contributed by atoms with Gasteiger partial charge in [0.05, 0.1) is 16.8 Å². The minimum absolute atomic E-state index is 0.553. The Balaban J connectivity index is 1.01. The molecule has 0 amide bonds. The van der Waals surface area contributed by atoms with E-state index in [0.29, 0.717) is 17.5 Å². The fourth-order valence-electron chi connectivity index (χ4n) is 8.44. The van der Waals surface area contributed by atoms with Gasteiger partial charge in [0.15, 0.2) is 17.5 Å². The van der Waals surface area contributed by atoms with Crippen molar-refractivity contribution < 1.29 is 8.83 Å². The molecule has 0 saturated heterocycles. The van der Waals surface area contributed by atoms with Crippen LogP contribution >= 0.6 is 0 Å². The highest BCUT2D eigenvalue weighted by Gasteiger charge is 2.21. The molecular weight excluding hydrogens is 713 g/mol. The molecule has 4 heterocycles. The highest BCUT2D eigenvalue weighted by Crippen LogP contribution is 2.44. The highest BCUT2D eigenvalue weighted by molar-refractivity contribution is 6.26. The Kier molecular flexibility index (Phi) is 7.13. The molecule has 12 aromatic rings. The van der Waals surface area contributed by atoms with Gasteiger partial charge in [-0.15, -0.1) is 0 Å². The van der Waals surface area contributed by atoms with Gasteiger partial charge in [-0.05, 0) is 41.5 Å². The number of rotatable bonds is 5. The van der Waals surface area contributed by atoms with Gasteiger partial charge < -0.3 is 8.83 Å². The molecule has 12 rings (SSSR count). The van der Waals surface area contributed by atoms with E-state index in [0.717, 1.165) is 105 Å². The summed E-state index contributed by atoms with van der Waals surface area (Å²) in [6.45, 7) is 0. The number of benzene rings is 8. The van der Waals surface area contributed by atoms with E-state index in [1.165, 1.54) is 0 Å². The Morgan fingerprint density at radius 2 is 0.862 bits per heavy atom. The van der Waals surface area contributed by atoms with Crippen molar-refractivity contribution in [1.29, 1.82) is 0 Å². The van der Waals surface area contributed by atoms with Crippen LogP contribution in [-0.4, -0.2) is 19.9 Å². The first-order valence-electron chi connectivity index (χ1n) is 19.3. The van der Waals surface area contributed by atoms with Crippen molar-refractivity contribution >= 4 is 65.6 Å². The zero-order chi connectivity index (χ0) is 38.2. The van der Waals surface area contributed by atoms with Crippen molar-refractivity contribution in [2.45, 2.75) is 0 Å². The van der Waals surface area contributed by atoms with Gasteiger partial charge in [0.25, 0.3) is 0 Å². The van der Waals surface area contributed by atoms with E-state index in [1.54, 1.807) is 0 Å². The lowest BCUT2D eigenvalue weighted by molar-refractivity contribution is 0.669. The van der Waals surface area contributed by atoms with Gasteiger partial charge >= 0.3 is 0 Å². The molecule has 0 N–H and O–H groups in total. The Morgan fingerprint density at radius 3 is 1.67 bits per heavy atom. The average Bonchev–Trinajstić information content (AvgIpc) is 3.88. The lowest BCUT2D eigenvalue weighted by Crippen LogP contribution is -2.00. The summed E-state index contributed by atoms with van der Waals surface area (Å²) in [6, 6.07) is 62.1. The monoisotopic (exact) mass is 742 g/mol. The fourth-order valence-corrected chi connectivity index (χ4v) is 8.44.